The molecular weight excluding hydrogens is 276 g/mol. The van der Waals surface area contributed by atoms with Crippen LogP contribution in [0.4, 0.5) is 11.4 Å². The van der Waals surface area contributed by atoms with Gasteiger partial charge in [0.15, 0.2) is 5.84 Å². The van der Waals surface area contributed by atoms with Gasteiger partial charge in [-0.2, -0.15) is 0 Å². The largest absolute Gasteiger partial charge is 0.497 e. The average Bonchev–Trinajstić information content (AvgIpc) is 2.61. The molecule has 108 valence electrons. The Kier molecular flexibility index (Phi) is 2.89. The third kappa shape index (κ3) is 2.03. The van der Waals surface area contributed by atoms with Gasteiger partial charge >= 0.3 is 0 Å². The summed E-state index contributed by atoms with van der Waals surface area (Å²) in [5, 5.41) is 1.05. The molecule has 1 aromatic heterocycles. The topological polar surface area (TPSA) is 58.5 Å². The number of ether oxygens (including phenoxy) is 1. The lowest BCUT2D eigenvalue weighted by Crippen LogP contribution is -2.32. The highest BCUT2D eigenvalue weighted by atomic mass is 16.5. The van der Waals surface area contributed by atoms with Crippen molar-refractivity contribution in [3.05, 3.63) is 60.3 Å². The van der Waals surface area contributed by atoms with Gasteiger partial charge in [0.25, 0.3) is 0 Å². The molecule has 0 spiro atoms. The van der Waals surface area contributed by atoms with Crippen LogP contribution >= 0.6 is 0 Å². The lowest BCUT2D eigenvalue weighted by Gasteiger charge is -2.20. The van der Waals surface area contributed by atoms with E-state index in [1.165, 1.54) is 0 Å². The standard InChI is InChI=1S/C17H14N4O/c1-22-12-8-6-11(7-9-12)17-19-15-10-18-14-5-3-2-4-13(14)16(15)20-21-17/h2-10,20H,1H3,(H,19,21). The number of hydrogen-bond acceptors (Lipinski definition) is 5. The van der Waals surface area contributed by atoms with E-state index in [1.54, 1.807) is 13.3 Å². The minimum absolute atomic E-state index is 0.757. The van der Waals surface area contributed by atoms with E-state index in [-0.39, 0.29) is 0 Å². The molecule has 0 atom stereocenters. The van der Waals surface area contributed by atoms with Crippen LogP contribution in [0.15, 0.2) is 59.7 Å². The van der Waals surface area contributed by atoms with Crippen LogP contribution in [0.2, 0.25) is 0 Å². The fourth-order valence-corrected chi connectivity index (χ4v) is 2.50. The monoisotopic (exact) mass is 290 g/mol. The zero-order valence-electron chi connectivity index (χ0n) is 12.0. The van der Waals surface area contributed by atoms with Crippen molar-refractivity contribution in [2.24, 2.45) is 4.99 Å². The van der Waals surface area contributed by atoms with E-state index < -0.39 is 0 Å². The number of nitrogens with zero attached hydrogens (tertiary/aromatic N) is 2. The molecule has 0 aliphatic carbocycles. The van der Waals surface area contributed by atoms with Gasteiger partial charge in [-0.3, -0.25) is 15.8 Å². The quantitative estimate of drug-likeness (QED) is 0.760. The molecule has 4 rings (SSSR count). The predicted molar refractivity (Wildman–Crippen MR) is 87.7 cm³/mol. The molecule has 0 saturated heterocycles. The van der Waals surface area contributed by atoms with Crippen LogP contribution in [-0.4, -0.2) is 17.9 Å². The number of rotatable bonds is 2. The smallest absolute Gasteiger partial charge is 0.152 e. The number of para-hydroxylation sites is 1. The summed E-state index contributed by atoms with van der Waals surface area (Å²) in [5.41, 5.74) is 10.1. The molecule has 0 radical (unpaired) electrons. The molecule has 0 bridgehead atoms. The van der Waals surface area contributed by atoms with Gasteiger partial charge in [-0.25, -0.2) is 4.99 Å². The second kappa shape index (κ2) is 5.04. The van der Waals surface area contributed by atoms with E-state index in [4.69, 9.17) is 4.74 Å². The van der Waals surface area contributed by atoms with Crippen LogP contribution in [0.25, 0.3) is 10.9 Å². The Morgan fingerprint density at radius 1 is 0.955 bits per heavy atom. The van der Waals surface area contributed by atoms with Gasteiger partial charge in [-0.1, -0.05) is 18.2 Å². The Balaban J connectivity index is 1.78. The zero-order chi connectivity index (χ0) is 14.9. The van der Waals surface area contributed by atoms with E-state index >= 15 is 0 Å². The first-order chi connectivity index (χ1) is 10.8. The van der Waals surface area contributed by atoms with Gasteiger partial charge in [0, 0.05) is 10.9 Å². The van der Waals surface area contributed by atoms with E-state index in [0.29, 0.717) is 0 Å². The maximum Gasteiger partial charge on any atom is 0.152 e. The van der Waals surface area contributed by atoms with Crippen molar-refractivity contribution in [2.75, 3.05) is 12.5 Å². The summed E-state index contributed by atoms with van der Waals surface area (Å²) in [6.07, 6.45) is 1.79. The molecule has 1 aliphatic rings. The van der Waals surface area contributed by atoms with Crippen LogP contribution < -0.4 is 15.6 Å². The van der Waals surface area contributed by atoms with Crippen LogP contribution in [0.5, 0.6) is 5.75 Å². The van der Waals surface area contributed by atoms with E-state index in [1.807, 2.05) is 48.5 Å². The number of benzene rings is 2. The normalized spacial score (nSPS) is 12.9. The van der Waals surface area contributed by atoms with Crippen LogP contribution in [0.3, 0.4) is 0 Å². The Hall–Kier alpha value is -3.08. The molecule has 2 N–H and O–H groups in total. The number of amidine groups is 1. The summed E-state index contributed by atoms with van der Waals surface area (Å²) in [7, 11) is 1.65. The number of hydrazine groups is 1. The van der Waals surface area contributed by atoms with Crippen molar-refractivity contribution in [2.45, 2.75) is 0 Å². The van der Waals surface area contributed by atoms with Crippen molar-refractivity contribution in [3.63, 3.8) is 0 Å². The third-order valence-electron chi connectivity index (χ3n) is 3.66. The molecule has 5 nitrogen and oxygen atoms in total. The number of aliphatic imine (C=N–C) groups is 1. The summed E-state index contributed by atoms with van der Waals surface area (Å²) >= 11 is 0. The number of hydrogen-bond donors (Lipinski definition) is 2. The second-order valence-corrected chi connectivity index (χ2v) is 4.97. The fourth-order valence-electron chi connectivity index (χ4n) is 2.50. The van der Waals surface area contributed by atoms with Crippen molar-refractivity contribution < 1.29 is 4.74 Å². The van der Waals surface area contributed by atoms with Crippen molar-refractivity contribution in [3.8, 4) is 5.75 Å². The van der Waals surface area contributed by atoms with E-state index in [9.17, 15) is 0 Å². The summed E-state index contributed by atoms with van der Waals surface area (Å²) in [5.74, 6) is 1.58. The van der Waals surface area contributed by atoms with Crippen molar-refractivity contribution in [1.29, 1.82) is 0 Å². The maximum atomic E-state index is 5.18. The van der Waals surface area contributed by atoms with Gasteiger partial charge in [-0.05, 0) is 30.3 Å². The highest BCUT2D eigenvalue weighted by Gasteiger charge is 2.15. The van der Waals surface area contributed by atoms with Crippen LogP contribution in [0, 0.1) is 0 Å². The number of nitrogens with one attached hydrogen (secondary N) is 2. The summed E-state index contributed by atoms with van der Waals surface area (Å²) in [6.45, 7) is 0. The number of methoxy groups -OCH3 is 1. The molecule has 3 aromatic rings. The van der Waals surface area contributed by atoms with Crippen LogP contribution in [0.1, 0.15) is 5.56 Å². The van der Waals surface area contributed by atoms with Gasteiger partial charge < -0.3 is 4.74 Å². The Bertz CT molecular complexity index is 871. The molecule has 0 saturated carbocycles. The SMILES string of the molecule is COc1ccc(C2=Nc3cnc4ccccc4c3NN2)cc1. The van der Waals surface area contributed by atoms with E-state index in [0.717, 1.165) is 39.4 Å². The average molecular weight is 290 g/mol. The molecule has 0 amide bonds. The fraction of sp³-hybridized carbons (Fsp3) is 0.0588. The highest BCUT2D eigenvalue weighted by molar-refractivity contribution is 6.07. The minimum atomic E-state index is 0.757. The van der Waals surface area contributed by atoms with E-state index in [2.05, 4.69) is 20.8 Å². The maximum absolute atomic E-state index is 5.18. The number of aromatic nitrogens is 1. The van der Waals surface area contributed by atoms with Gasteiger partial charge in [0.2, 0.25) is 0 Å². The van der Waals surface area contributed by atoms with Gasteiger partial charge in [0.1, 0.15) is 11.4 Å². The van der Waals surface area contributed by atoms with Crippen molar-refractivity contribution >= 4 is 28.1 Å². The lowest BCUT2D eigenvalue weighted by atomic mass is 10.1. The molecule has 2 heterocycles. The molecule has 22 heavy (non-hydrogen) atoms. The summed E-state index contributed by atoms with van der Waals surface area (Å²) in [4.78, 5) is 9.12. The predicted octanol–water partition coefficient (Wildman–Crippen LogP) is 3.25. The van der Waals surface area contributed by atoms with Gasteiger partial charge in [0.05, 0.1) is 24.5 Å². The Morgan fingerprint density at radius 3 is 2.59 bits per heavy atom. The number of fused-ring (bicyclic) bond motifs is 3. The molecule has 0 fully saturated rings. The molecule has 1 aliphatic heterocycles. The first-order valence-electron chi connectivity index (χ1n) is 6.98. The van der Waals surface area contributed by atoms with Crippen molar-refractivity contribution in [1.82, 2.24) is 10.4 Å². The first kappa shape index (κ1) is 12.6. The van der Waals surface area contributed by atoms with Crippen LogP contribution in [-0.2, 0) is 0 Å². The first-order valence-corrected chi connectivity index (χ1v) is 6.98. The van der Waals surface area contributed by atoms with Gasteiger partial charge in [-0.15, -0.1) is 0 Å². The molecule has 5 heteroatoms. The minimum Gasteiger partial charge on any atom is -0.497 e. The zero-order valence-corrected chi connectivity index (χ0v) is 12.0. The molecule has 0 unspecified atom stereocenters. The number of anilines is 1. The third-order valence-corrected chi connectivity index (χ3v) is 3.66. The molecular formula is C17H14N4O. The highest BCUT2D eigenvalue weighted by Crippen LogP contribution is 2.33. The second-order valence-electron chi connectivity index (χ2n) is 4.97. The Morgan fingerprint density at radius 2 is 1.77 bits per heavy atom. The molecule has 2 aromatic carbocycles. The summed E-state index contributed by atoms with van der Waals surface area (Å²) < 4.78 is 5.18. The number of pyridine rings is 1. The summed E-state index contributed by atoms with van der Waals surface area (Å²) in [6, 6.07) is 15.7. The Labute approximate surface area is 127 Å². The lowest BCUT2D eigenvalue weighted by molar-refractivity contribution is 0.415.